The van der Waals surface area contributed by atoms with Crippen molar-refractivity contribution in [1.29, 1.82) is 0 Å². The van der Waals surface area contributed by atoms with Crippen molar-refractivity contribution in [3.63, 3.8) is 0 Å². The van der Waals surface area contributed by atoms with Crippen molar-refractivity contribution in [2.45, 2.75) is 13.3 Å². The molecule has 82 valence electrons. The summed E-state index contributed by atoms with van der Waals surface area (Å²) in [6, 6.07) is 16.9. The second-order valence-corrected chi connectivity index (χ2v) is 4.04. The number of hydrogen-bond donors (Lipinski definition) is 1. The van der Waals surface area contributed by atoms with E-state index >= 15 is 0 Å². The lowest BCUT2D eigenvalue weighted by atomic mass is 10.0. The Morgan fingerprint density at radius 1 is 0.938 bits per heavy atom. The molecule has 0 aliphatic carbocycles. The van der Waals surface area contributed by atoms with Crippen LogP contribution < -0.4 is 0 Å². The summed E-state index contributed by atoms with van der Waals surface area (Å²) in [6.07, 6.45) is 0.730. The molecule has 0 saturated carbocycles. The molecule has 2 aromatic rings. The fraction of sp³-hybridized carbons (Fsp3) is 0.200. The Morgan fingerprint density at radius 3 is 2.31 bits per heavy atom. The lowest BCUT2D eigenvalue weighted by Crippen LogP contribution is -1.89. The van der Waals surface area contributed by atoms with E-state index in [9.17, 15) is 0 Å². The Kier molecular flexibility index (Phi) is 3.37. The second-order valence-electron chi connectivity index (χ2n) is 4.04. The number of aryl methyl sites for hydroxylation is 1. The van der Waals surface area contributed by atoms with E-state index < -0.39 is 0 Å². The molecule has 1 N–H and O–H groups in total. The van der Waals surface area contributed by atoms with E-state index in [2.05, 4.69) is 55.5 Å². The van der Waals surface area contributed by atoms with E-state index in [1.165, 1.54) is 22.3 Å². The number of rotatable bonds is 3. The van der Waals surface area contributed by atoms with Gasteiger partial charge >= 0.3 is 0 Å². The molecule has 0 aliphatic heterocycles. The van der Waals surface area contributed by atoms with Crippen molar-refractivity contribution >= 4 is 0 Å². The summed E-state index contributed by atoms with van der Waals surface area (Å²) in [4.78, 5) is 0. The van der Waals surface area contributed by atoms with Gasteiger partial charge in [0.1, 0.15) is 0 Å². The molecule has 0 atom stereocenters. The van der Waals surface area contributed by atoms with Crippen LogP contribution in [0.25, 0.3) is 11.1 Å². The normalized spacial score (nSPS) is 10.4. The van der Waals surface area contributed by atoms with Gasteiger partial charge in [-0.25, -0.2) is 0 Å². The van der Waals surface area contributed by atoms with Crippen LogP contribution in [0.5, 0.6) is 0 Å². The Hall–Kier alpha value is -1.60. The highest BCUT2D eigenvalue weighted by atomic mass is 16.2. The molecule has 0 saturated heterocycles. The van der Waals surface area contributed by atoms with Gasteiger partial charge in [-0.15, -0.1) is 0 Å². The fourth-order valence-corrected chi connectivity index (χ4v) is 1.82. The van der Waals surface area contributed by atoms with Gasteiger partial charge in [0.2, 0.25) is 0 Å². The summed E-state index contributed by atoms with van der Waals surface area (Å²) in [6.45, 7) is 2.31. The molecule has 0 radical (unpaired) electrons. The Balaban J connectivity index is 2.27. The van der Waals surface area contributed by atoms with E-state index in [-0.39, 0.29) is 6.61 Å². The molecule has 16 heavy (non-hydrogen) atoms. The maximum Gasteiger partial charge on any atom is 0.0471 e. The van der Waals surface area contributed by atoms with Crippen LogP contribution in [0.4, 0.5) is 0 Å². The number of aliphatic hydroxyl groups excluding tert-OH is 1. The average molecular weight is 212 g/mol. The summed E-state index contributed by atoms with van der Waals surface area (Å²) in [5.74, 6) is 0. The zero-order valence-corrected chi connectivity index (χ0v) is 9.48. The molecular formula is C15H16O. The summed E-state index contributed by atoms with van der Waals surface area (Å²) < 4.78 is 0. The predicted molar refractivity (Wildman–Crippen MR) is 67.4 cm³/mol. The molecule has 0 bridgehead atoms. The van der Waals surface area contributed by atoms with Crippen LogP contribution in [-0.2, 0) is 6.42 Å². The van der Waals surface area contributed by atoms with Gasteiger partial charge in [0.25, 0.3) is 0 Å². The van der Waals surface area contributed by atoms with Crippen LogP contribution >= 0.6 is 0 Å². The minimum atomic E-state index is 0.212. The summed E-state index contributed by atoms with van der Waals surface area (Å²) in [5.41, 5.74) is 4.93. The lowest BCUT2D eigenvalue weighted by Gasteiger charge is -2.04. The van der Waals surface area contributed by atoms with Gasteiger partial charge in [-0.1, -0.05) is 54.1 Å². The smallest absolute Gasteiger partial charge is 0.0471 e. The predicted octanol–water partition coefficient (Wildman–Crippen LogP) is 3.20. The van der Waals surface area contributed by atoms with Crippen molar-refractivity contribution in [2.24, 2.45) is 0 Å². The van der Waals surface area contributed by atoms with Crippen molar-refractivity contribution in [3.05, 3.63) is 59.7 Å². The number of hydrogen-bond acceptors (Lipinski definition) is 1. The van der Waals surface area contributed by atoms with Crippen LogP contribution in [0.1, 0.15) is 11.1 Å². The van der Waals surface area contributed by atoms with Crippen LogP contribution in [0, 0.1) is 6.92 Å². The van der Waals surface area contributed by atoms with Crippen LogP contribution in [0.2, 0.25) is 0 Å². The molecule has 0 spiro atoms. The van der Waals surface area contributed by atoms with Crippen LogP contribution in [-0.4, -0.2) is 11.7 Å². The van der Waals surface area contributed by atoms with Crippen molar-refractivity contribution in [2.75, 3.05) is 6.61 Å². The minimum Gasteiger partial charge on any atom is -0.396 e. The molecule has 2 rings (SSSR count). The monoisotopic (exact) mass is 212 g/mol. The quantitative estimate of drug-likeness (QED) is 0.828. The molecule has 2 aromatic carbocycles. The molecule has 0 heterocycles. The Bertz CT molecular complexity index is 457. The molecule has 0 amide bonds. The van der Waals surface area contributed by atoms with E-state index in [0.717, 1.165) is 6.42 Å². The van der Waals surface area contributed by atoms with E-state index in [4.69, 9.17) is 5.11 Å². The summed E-state index contributed by atoms with van der Waals surface area (Å²) in [5, 5.41) is 8.84. The molecular weight excluding hydrogens is 196 g/mol. The third-order valence-corrected chi connectivity index (χ3v) is 2.71. The van der Waals surface area contributed by atoms with Crippen molar-refractivity contribution in [3.8, 4) is 11.1 Å². The van der Waals surface area contributed by atoms with Crippen LogP contribution in [0.3, 0.4) is 0 Å². The highest BCUT2D eigenvalue weighted by molar-refractivity contribution is 5.64. The zero-order valence-electron chi connectivity index (χ0n) is 9.48. The standard InChI is InChI=1S/C15H16O/c1-12-3-2-4-15(11-12)14-7-5-13(6-8-14)9-10-16/h2-8,11,16H,9-10H2,1H3. The van der Waals surface area contributed by atoms with Gasteiger partial charge in [0, 0.05) is 6.61 Å². The first-order chi connectivity index (χ1) is 7.79. The SMILES string of the molecule is Cc1cccc(-c2ccc(CCO)cc2)c1. The topological polar surface area (TPSA) is 20.2 Å². The largest absolute Gasteiger partial charge is 0.396 e. The molecule has 1 nitrogen and oxygen atoms in total. The highest BCUT2D eigenvalue weighted by Gasteiger charge is 1.98. The van der Waals surface area contributed by atoms with Gasteiger partial charge < -0.3 is 5.11 Å². The maximum absolute atomic E-state index is 8.84. The van der Waals surface area contributed by atoms with E-state index in [0.29, 0.717) is 0 Å². The Morgan fingerprint density at radius 2 is 1.69 bits per heavy atom. The molecule has 0 unspecified atom stereocenters. The summed E-state index contributed by atoms with van der Waals surface area (Å²) >= 11 is 0. The van der Waals surface area contributed by atoms with Crippen LogP contribution in [0.15, 0.2) is 48.5 Å². The second kappa shape index (κ2) is 4.95. The van der Waals surface area contributed by atoms with Crippen molar-refractivity contribution in [1.82, 2.24) is 0 Å². The minimum absolute atomic E-state index is 0.212. The highest BCUT2D eigenvalue weighted by Crippen LogP contribution is 2.20. The van der Waals surface area contributed by atoms with Gasteiger partial charge in [-0.2, -0.15) is 0 Å². The molecule has 0 aromatic heterocycles. The third kappa shape index (κ3) is 2.50. The van der Waals surface area contributed by atoms with Gasteiger partial charge in [-0.05, 0) is 30.0 Å². The summed E-state index contributed by atoms with van der Waals surface area (Å²) in [7, 11) is 0. The first-order valence-corrected chi connectivity index (χ1v) is 5.56. The first-order valence-electron chi connectivity index (χ1n) is 5.56. The number of benzene rings is 2. The van der Waals surface area contributed by atoms with E-state index in [1.807, 2.05) is 0 Å². The maximum atomic E-state index is 8.84. The van der Waals surface area contributed by atoms with Gasteiger partial charge in [0.05, 0.1) is 0 Å². The molecule has 0 aliphatic rings. The average Bonchev–Trinajstić information content (AvgIpc) is 2.30. The Labute approximate surface area is 96.4 Å². The number of aliphatic hydroxyl groups is 1. The fourth-order valence-electron chi connectivity index (χ4n) is 1.82. The van der Waals surface area contributed by atoms with Gasteiger partial charge in [0.15, 0.2) is 0 Å². The zero-order chi connectivity index (χ0) is 11.4. The van der Waals surface area contributed by atoms with Gasteiger partial charge in [-0.3, -0.25) is 0 Å². The molecule has 0 fully saturated rings. The van der Waals surface area contributed by atoms with E-state index in [1.54, 1.807) is 0 Å². The third-order valence-electron chi connectivity index (χ3n) is 2.71. The molecule has 1 heteroatoms. The lowest BCUT2D eigenvalue weighted by molar-refractivity contribution is 0.299. The van der Waals surface area contributed by atoms with Crippen molar-refractivity contribution < 1.29 is 5.11 Å². The first kappa shape index (κ1) is 10.9.